The molecule has 2 unspecified atom stereocenters. The standard InChI is InChI=1S/C20H18N6O2S/c1-2-11-16(3-1)29-20-17(11)19-22-18(25-26(19)8-21-20)13-7-12(23-24-13)10-4-5-14-15(6-10)28-9-27-14/h4-6,8,12-13,23-24H,1-3,7,9H2. The Balaban J connectivity index is 1.23. The number of hydrogen-bond donors (Lipinski definition) is 2. The van der Waals surface area contributed by atoms with E-state index in [0.717, 1.165) is 52.6 Å². The van der Waals surface area contributed by atoms with Crippen molar-refractivity contribution in [3.05, 3.63) is 46.4 Å². The summed E-state index contributed by atoms with van der Waals surface area (Å²) >= 11 is 1.81. The monoisotopic (exact) mass is 406 g/mol. The van der Waals surface area contributed by atoms with E-state index in [9.17, 15) is 0 Å². The van der Waals surface area contributed by atoms with Crippen LogP contribution in [0.2, 0.25) is 0 Å². The Morgan fingerprint density at radius 2 is 2.03 bits per heavy atom. The second-order valence-electron chi connectivity index (χ2n) is 7.76. The number of aryl methyl sites for hydroxylation is 2. The Morgan fingerprint density at radius 1 is 1.10 bits per heavy atom. The average molecular weight is 406 g/mol. The van der Waals surface area contributed by atoms with Crippen LogP contribution in [0.15, 0.2) is 24.5 Å². The number of fused-ring (bicyclic) bond motifs is 6. The molecule has 2 atom stereocenters. The first kappa shape index (κ1) is 16.1. The Kier molecular flexibility index (Phi) is 3.26. The van der Waals surface area contributed by atoms with Gasteiger partial charge in [-0.2, -0.15) is 0 Å². The van der Waals surface area contributed by atoms with E-state index in [2.05, 4.69) is 21.9 Å². The number of hydrogen-bond acceptors (Lipinski definition) is 8. The zero-order valence-corrected chi connectivity index (χ0v) is 16.3. The minimum Gasteiger partial charge on any atom is -0.454 e. The van der Waals surface area contributed by atoms with Crippen LogP contribution in [0.25, 0.3) is 15.9 Å². The third-order valence-corrected chi connectivity index (χ3v) is 7.27. The maximum Gasteiger partial charge on any atom is 0.231 e. The second kappa shape index (κ2) is 5.88. The molecule has 0 amide bonds. The average Bonchev–Trinajstić information content (AvgIpc) is 3.54. The summed E-state index contributed by atoms with van der Waals surface area (Å²) in [4.78, 5) is 12.1. The summed E-state index contributed by atoms with van der Waals surface area (Å²) in [5.41, 5.74) is 10.3. The molecule has 5 heterocycles. The Labute approximate surface area is 169 Å². The van der Waals surface area contributed by atoms with Crippen LogP contribution in [0.5, 0.6) is 11.5 Å². The number of hydrazine groups is 1. The van der Waals surface area contributed by atoms with Gasteiger partial charge in [0.1, 0.15) is 11.2 Å². The van der Waals surface area contributed by atoms with Crippen LogP contribution in [0.1, 0.15) is 46.8 Å². The summed E-state index contributed by atoms with van der Waals surface area (Å²) in [6.45, 7) is 0.289. The van der Waals surface area contributed by atoms with Gasteiger partial charge in [-0.05, 0) is 48.9 Å². The van der Waals surface area contributed by atoms with Crippen LogP contribution in [-0.2, 0) is 12.8 Å². The SMILES string of the molecule is c1cc2c(cc1C1CC(c3nc4c5c6c(sc5ncn4n3)CCC6)NN1)OCO2. The lowest BCUT2D eigenvalue weighted by Gasteiger charge is -2.10. The summed E-state index contributed by atoms with van der Waals surface area (Å²) in [6.07, 6.45) is 6.15. The van der Waals surface area contributed by atoms with E-state index in [0.29, 0.717) is 0 Å². The molecule has 29 heavy (non-hydrogen) atoms. The molecule has 2 aliphatic heterocycles. The predicted octanol–water partition coefficient (Wildman–Crippen LogP) is 2.84. The van der Waals surface area contributed by atoms with Crippen LogP contribution in [0, 0.1) is 0 Å². The van der Waals surface area contributed by atoms with Crippen LogP contribution in [-0.4, -0.2) is 26.4 Å². The van der Waals surface area contributed by atoms with E-state index in [4.69, 9.17) is 19.6 Å². The van der Waals surface area contributed by atoms with Crippen LogP contribution in [0.4, 0.5) is 0 Å². The molecule has 1 saturated heterocycles. The Bertz CT molecular complexity index is 1280. The van der Waals surface area contributed by atoms with E-state index in [1.165, 1.54) is 22.2 Å². The fourth-order valence-electron chi connectivity index (χ4n) is 4.63. The topological polar surface area (TPSA) is 85.6 Å². The third-order valence-electron chi connectivity index (χ3n) is 6.07. The van der Waals surface area contributed by atoms with Gasteiger partial charge in [-0.3, -0.25) is 0 Å². The third kappa shape index (κ3) is 2.35. The van der Waals surface area contributed by atoms with Gasteiger partial charge >= 0.3 is 0 Å². The van der Waals surface area contributed by atoms with E-state index in [-0.39, 0.29) is 18.9 Å². The van der Waals surface area contributed by atoms with Gasteiger partial charge in [-0.1, -0.05) is 6.07 Å². The van der Waals surface area contributed by atoms with E-state index < -0.39 is 0 Å². The highest BCUT2D eigenvalue weighted by Crippen LogP contribution is 2.39. The fourth-order valence-corrected chi connectivity index (χ4v) is 5.85. The van der Waals surface area contributed by atoms with E-state index >= 15 is 0 Å². The smallest absolute Gasteiger partial charge is 0.231 e. The highest BCUT2D eigenvalue weighted by atomic mass is 32.1. The van der Waals surface area contributed by atoms with Crippen molar-refractivity contribution >= 4 is 27.2 Å². The summed E-state index contributed by atoms with van der Waals surface area (Å²) < 4.78 is 12.8. The van der Waals surface area contributed by atoms with Crippen LogP contribution in [0.3, 0.4) is 0 Å². The molecule has 3 aromatic heterocycles. The number of ether oxygens (including phenoxy) is 2. The van der Waals surface area contributed by atoms with Crippen molar-refractivity contribution in [2.75, 3.05) is 6.79 Å². The van der Waals surface area contributed by atoms with Gasteiger partial charge in [-0.25, -0.2) is 25.3 Å². The first-order valence-electron chi connectivity index (χ1n) is 9.89. The lowest BCUT2D eigenvalue weighted by Crippen LogP contribution is -2.27. The van der Waals surface area contributed by atoms with Crippen molar-refractivity contribution in [2.45, 2.75) is 37.8 Å². The molecule has 146 valence electrons. The molecule has 1 aromatic carbocycles. The van der Waals surface area contributed by atoms with Gasteiger partial charge in [-0.15, -0.1) is 16.4 Å². The van der Waals surface area contributed by atoms with E-state index in [1.807, 2.05) is 28.0 Å². The number of nitrogens with zero attached hydrogens (tertiary/aromatic N) is 4. The number of aromatic nitrogens is 4. The molecular formula is C20H18N6O2S. The van der Waals surface area contributed by atoms with Crippen LogP contribution >= 0.6 is 11.3 Å². The van der Waals surface area contributed by atoms with Crippen molar-refractivity contribution in [2.24, 2.45) is 0 Å². The Morgan fingerprint density at radius 3 is 3.03 bits per heavy atom. The highest BCUT2D eigenvalue weighted by Gasteiger charge is 2.31. The quantitative estimate of drug-likeness (QED) is 0.529. The van der Waals surface area contributed by atoms with Gasteiger partial charge < -0.3 is 9.47 Å². The van der Waals surface area contributed by atoms with Crippen molar-refractivity contribution in [3.8, 4) is 11.5 Å². The van der Waals surface area contributed by atoms with Crippen LogP contribution < -0.4 is 20.3 Å². The van der Waals surface area contributed by atoms with Gasteiger partial charge in [0, 0.05) is 10.9 Å². The predicted molar refractivity (Wildman–Crippen MR) is 107 cm³/mol. The number of nitrogens with one attached hydrogen (secondary N) is 2. The molecule has 2 N–H and O–H groups in total. The van der Waals surface area contributed by atoms with Crippen molar-refractivity contribution in [3.63, 3.8) is 0 Å². The maximum absolute atomic E-state index is 5.52. The zero-order chi connectivity index (χ0) is 18.9. The summed E-state index contributed by atoms with van der Waals surface area (Å²) in [6, 6.07) is 6.28. The molecule has 0 radical (unpaired) electrons. The second-order valence-corrected chi connectivity index (χ2v) is 8.85. The minimum absolute atomic E-state index is 0.0343. The van der Waals surface area contributed by atoms with Gasteiger partial charge in [0.2, 0.25) is 6.79 Å². The first-order chi connectivity index (χ1) is 14.3. The maximum atomic E-state index is 5.52. The molecule has 9 heteroatoms. The van der Waals surface area contributed by atoms with Crippen molar-refractivity contribution in [1.82, 2.24) is 30.4 Å². The summed E-state index contributed by atoms with van der Waals surface area (Å²) in [5, 5.41) is 5.93. The molecule has 3 aliphatic rings. The fraction of sp³-hybridized carbons (Fsp3) is 0.350. The highest BCUT2D eigenvalue weighted by molar-refractivity contribution is 7.19. The largest absolute Gasteiger partial charge is 0.454 e. The molecule has 1 aliphatic carbocycles. The van der Waals surface area contributed by atoms with Gasteiger partial charge in [0.15, 0.2) is 23.0 Å². The van der Waals surface area contributed by atoms with Crippen molar-refractivity contribution in [1.29, 1.82) is 0 Å². The summed E-state index contributed by atoms with van der Waals surface area (Å²) in [5.74, 6) is 2.41. The van der Waals surface area contributed by atoms with Gasteiger partial charge in [0.05, 0.1) is 11.4 Å². The molecule has 0 spiro atoms. The first-order valence-corrected chi connectivity index (χ1v) is 10.7. The molecule has 8 nitrogen and oxygen atoms in total. The minimum atomic E-state index is 0.0343. The number of rotatable bonds is 2. The van der Waals surface area contributed by atoms with Gasteiger partial charge in [0.25, 0.3) is 0 Å². The zero-order valence-electron chi connectivity index (χ0n) is 15.5. The lowest BCUT2D eigenvalue weighted by molar-refractivity contribution is 0.174. The number of benzene rings is 1. The molecule has 0 bridgehead atoms. The lowest BCUT2D eigenvalue weighted by atomic mass is 10.0. The molecule has 1 fully saturated rings. The summed E-state index contributed by atoms with van der Waals surface area (Å²) in [7, 11) is 0. The normalized spacial score (nSPS) is 22.8. The van der Waals surface area contributed by atoms with E-state index in [1.54, 1.807) is 6.33 Å². The molecule has 0 saturated carbocycles. The van der Waals surface area contributed by atoms with Crippen molar-refractivity contribution < 1.29 is 9.47 Å². The Hall–Kier alpha value is -2.75. The molecule has 4 aromatic rings. The molecule has 7 rings (SSSR count). The number of thiophene rings is 1. The molecular weight excluding hydrogens is 388 g/mol.